The molecule has 5 nitrogen and oxygen atoms in total. The summed E-state index contributed by atoms with van der Waals surface area (Å²) in [4.78, 5) is 2.27. The Bertz CT molecular complexity index is 467. The van der Waals surface area contributed by atoms with Crippen molar-refractivity contribution < 1.29 is 9.47 Å². The first kappa shape index (κ1) is 15.4. The molecule has 114 valence electrons. The molecule has 2 N–H and O–H groups in total. The van der Waals surface area contributed by atoms with E-state index in [0.29, 0.717) is 11.6 Å². The molecule has 0 aliphatic carbocycles. The van der Waals surface area contributed by atoms with Crippen LogP contribution in [0.15, 0.2) is 0 Å². The Morgan fingerprint density at radius 1 is 1.25 bits per heavy atom. The Hall–Kier alpha value is -1.01. The molecule has 0 saturated carbocycles. The van der Waals surface area contributed by atoms with Crippen molar-refractivity contribution in [3.63, 3.8) is 0 Å². The molecule has 1 aliphatic rings. The van der Waals surface area contributed by atoms with E-state index in [1.54, 1.807) is 0 Å². The lowest BCUT2D eigenvalue weighted by molar-refractivity contribution is -0.132. The summed E-state index contributed by atoms with van der Waals surface area (Å²) >= 11 is 1.40. The van der Waals surface area contributed by atoms with Crippen LogP contribution in [0.25, 0.3) is 0 Å². The third-order valence-electron chi connectivity index (χ3n) is 2.99. The molecule has 20 heavy (non-hydrogen) atoms. The maximum absolute atomic E-state index is 6.11. The molecule has 1 fully saturated rings. The highest BCUT2D eigenvalue weighted by Gasteiger charge is 2.40. The molecule has 0 radical (unpaired) electrons. The van der Waals surface area contributed by atoms with Crippen LogP contribution in [0.4, 0.5) is 10.8 Å². The predicted molar refractivity (Wildman–Crippen MR) is 83.7 cm³/mol. The van der Waals surface area contributed by atoms with E-state index in [4.69, 9.17) is 15.2 Å². The first-order valence-electron chi connectivity index (χ1n) is 6.96. The molecule has 0 spiro atoms. The zero-order valence-electron chi connectivity index (χ0n) is 13.2. The number of rotatable bonds is 3. The third-order valence-corrected chi connectivity index (χ3v) is 3.90. The van der Waals surface area contributed by atoms with Gasteiger partial charge in [-0.25, -0.2) is 0 Å². The normalized spacial score (nSPS) is 21.2. The fraction of sp³-hybridized carbons (Fsp3) is 0.786. The Labute approximate surface area is 125 Å². The van der Waals surface area contributed by atoms with Crippen LogP contribution in [-0.4, -0.2) is 34.8 Å². The maximum Gasteiger partial charge on any atom is 0.198 e. The zero-order chi connectivity index (χ0) is 15.1. The number of hydrogen-bond acceptors (Lipinski definition) is 6. The van der Waals surface area contributed by atoms with Gasteiger partial charge in [-0.15, -0.1) is 0 Å². The van der Waals surface area contributed by atoms with Crippen LogP contribution in [0.3, 0.4) is 0 Å². The number of ether oxygens (including phenoxy) is 2. The predicted octanol–water partition coefficient (Wildman–Crippen LogP) is 2.91. The number of hydrogen-bond donors (Lipinski definition) is 1. The molecule has 0 unspecified atom stereocenters. The molecule has 0 amide bonds. The highest BCUT2D eigenvalue weighted by Crippen LogP contribution is 2.42. The smallest absolute Gasteiger partial charge is 0.198 e. The zero-order valence-corrected chi connectivity index (χ0v) is 14.0. The maximum atomic E-state index is 6.11. The van der Waals surface area contributed by atoms with Crippen LogP contribution in [-0.2, 0) is 4.74 Å². The molecule has 1 saturated heterocycles. The number of nitrogen functional groups attached to an aromatic ring is 1. The SMILES string of the molecule is CC(C)Oc1c(N)nsc1N1CC(C)(C)OC(C)(C)C1. The van der Waals surface area contributed by atoms with E-state index in [2.05, 4.69) is 37.0 Å². The van der Waals surface area contributed by atoms with Gasteiger partial charge >= 0.3 is 0 Å². The monoisotopic (exact) mass is 299 g/mol. The van der Waals surface area contributed by atoms with Crippen molar-refractivity contribution in [1.82, 2.24) is 4.37 Å². The van der Waals surface area contributed by atoms with Gasteiger partial charge in [-0.3, -0.25) is 0 Å². The Morgan fingerprint density at radius 2 is 1.80 bits per heavy atom. The number of nitrogens with two attached hydrogens (primary N) is 1. The van der Waals surface area contributed by atoms with Crippen LogP contribution in [0, 0.1) is 0 Å². The van der Waals surface area contributed by atoms with E-state index in [1.807, 2.05) is 13.8 Å². The first-order valence-corrected chi connectivity index (χ1v) is 7.74. The number of anilines is 2. The van der Waals surface area contributed by atoms with Gasteiger partial charge in [-0.1, -0.05) is 0 Å². The van der Waals surface area contributed by atoms with Gasteiger partial charge in [-0.05, 0) is 53.1 Å². The molecule has 6 heteroatoms. The quantitative estimate of drug-likeness (QED) is 0.930. The van der Waals surface area contributed by atoms with Crippen LogP contribution < -0.4 is 15.4 Å². The second kappa shape index (κ2) is 5.07. The molecule has 2 rings (SSSR count). The Balaban J connectivity index is 2.31. The minimum atomic E-state index is -0.213. The van der Waals surface area contributed by atoms with Crippen LogP contribution in [0.2, 0.25) is 0 Å². The van der Waals surface area contributed by atoms with E-state index < -0.39 is 0 Å². The van der Waals surface area contributed by atoms with Gasteiger partial charge in [0.1, 0.15) is 0 Å². The largest absolute Gasteiger partial charge is 0.484 e. The van der Waals surface area contributed by atoms with E-state index in [-0.39, 0.29) is 17.3 Å². The molecular weight excluding hydrogens is 274 g/mol. The molecule has 1 aromatic heterocycles. The average molecular weight is 299 g/mol. The summed E-state index contributed by atoms with van der Waals surface area (Å²) in [6.45, 7) is 14.0. The van der Waals surface area contributed by atoms with Crippen molar-refractivity contribution in [3.8, 4) is 5.75 Å². The molecule has 0 aromatic carbocycles. The Kier molecular flexibility index (Phi) is 3.90. The van der Waals surface area contributed by atoms with Gasteiger partial charge in [0, 0.05) is 13.1 Å². The summed E-state index contributed by atoms with van der Waals surface area (Å²) in [5.74, 6) is 1.18. The second-order valence-electron chi connectivity index (χ2n) is 6.85. The summed E-state index contributed by atoms with van der Waals surface area (Å²) in [5.41, 5.74) is 5.52. The molecule has 1 aromatic rings. The van der Waals surface area contributed by atoms with Crippen molar-refractivity contribution in [2.24, 2.45) is 0 Å². The molecule has 2 heterocycles. The second-order valence-corrected chi connectivity index (χ2v) is 7.60. The Morgan fingerprint density at radius 3 is 2.30 bits per heavy atom. The first-order chi connectivity index (χ1) is 9.10. The minimum Gasteiger partial charge on any atom is -0.484 e. The standard InChI is InChI=1S/C14H25N3O2S/c1-9(2)18-10-11(15)16-20-12(10)17-7-13(3,4)19-14(5,6)8-17/h9H,7-8H2,1-6H3,(H2,15,16). The third kappa shape index (κ3) is 3.35. The average Bonchev–Trinajstić information content (AvgIpc) is 2.55. The summed E-state index contributed by atoms with van der Waals surface area (Å²) in [5, 5.41) is 1.00. The molecule has 0 bridgehead atoms. The number of morpholine rings is 1. The molecule has 1 aliphatic heterocycles. The van der Waals surface area contributed by atoms with Crippen LogP contribution in [0.5, 0.6) is 5.75 Å². The topological polar surface area (TPSA) is 60.6 Å². The van der Waals surface area contributed by atoms with Crippen LogP contribution in [0.1, 0.15) is 41.5 Å². The lowest BCUT2D eigenvalue weighted by Gasteiger charge is -2.47. The van der Waals surface area contributed by atoms with Crippen molar-refractivity contribution >= 4 is 22.4 Å². The van der Waals surface area contributed by atoms with Gasteiger partial charge in [0.25, 0.3) is 0 Å². The van der Waals surface area contributed by atoms with Crippen molar-refractivity contribution in [3.05, 3.63) is 0 Å². The summed E-state index contributed by atoms with van der Waals surface area (Å²) < 4.78 is 16.2. The van der Waals surface area contributed by atoms with Crippen LogP contribution >= 0.6 is 11.5 Å². The highest BCUT2D eigenvalue weighted by atomic mass is 32.1. The fourth-order valence-corrected chi connectivity index (χ4v) is 3.51. The molecular formula is C14H25N3O2S. The van der Waals surface area contributed by atoms with Crippen molar-refractivity contribution in [1.29, 1.82) is 0 Å². The summed E-state index contributed by atoms with van der Waals surface area (Å²) in [7, 11) is 0. The van der Waals surface area contributed by atoms with E-state index in [9.17, 15) is 0 Å². The number of nitrogens with zero attached hydrogens (tertiary/aromatic N) is 2. The minimum absolute atomic E-state index is 0.0783. The van der Waals surface area contributed by atoms with Crippen molar-refractivity contribution in [2.45, 2.75) is 58.8 Å². The van der Waals surface area contributed by atoms with Crippen molar-refractivity contribution in [2.75, 3.05) is 23.7 Å². The summed E-state index contributed by atoms with van der Waals surface area (Å²) in [6, 6.07) is 0. The van der Waals surface area contributed by atoms with Gasteiger partial charge in [0.05, 0.1) is 17.3 Å². The summed E-state index contributed by atoms with van der Waals surface area (Å²) in [6.07, 6.45) is 0.0783. The van der Waals surface area contributed by atoms with Gasteiger partial charge in [0.15, 0.2) is 16.6 Å². The van der Waals surface area contributed by atoms with E-state index in [1.165, 1.54) is 11.5 Å². The van der Waals surface area contributed by atoms with E-state index in [0.717, 1.165) is 18.1 Å². The van der Waals surface area contributed by atoms with Gasteiger partial charge in [-0.2, -0.15) is 4.37 Å². The fourth-order valence-electron chi connectivity index (χ4n) is 2.76. The lowest BCUT2D eigenvalue weighted by atomic mass is 9.99. The van der Waals surface area contributed by atoms with Gasteiger partial charge in [0.2, 0.25) is 0 Å². The van der Waals surface area contributed by atoms with E-state index >= 15 is 0 Å². The lowest BCUT2D eigenvalue weighted by Crippen LogP contribution is -2.57. The number of aromatic nitrogens is 1. The highest BCUT2D eigenvalue weighted by molar-refractivity contribution is 7.11. The van der Waals surface area contributed by atoms with Gasteiger partial charge < -0.3 is 20.1 Å². The molecule has 0 atom stereocenters.